The number of ether oxygens (including phenoxy) is 1. The van der Waals surface area contributed by atoms with E-state index in [1.165, 1.54) is 16.7 Å². The summed E-state index contributed by atoms with van der Waals surface area (Å²) in [5.41, 5.74) is 3.95. The molecule has 0 saturated carbocycles. The van der Waals surface area contributed by atoms with Crippen LogP contribution in [0.15, 0.2) is 12.1 Å². The smallest absolute Gasteiger partial charge is 0.122 e. The fourth-order valence-corrected chi connectivity index (χ4v) is 1.82. The van der Waals surface area contributed by atoms with E-state index in [4.69, 9.17) is 4.74 Å². The van der Waals surface area contributed by atoms with E-state index in [0.29, 0.717) is 5.92 Å². The standard InChI is InChI=1S/C14H23NO/c1-6-15-9-12-8-13(10(2)3)14(16-5)7-11(12)4/h7-8,10,15H,6,9H2,1-5H3. The number of hydrogen-bond acceptors (Lipinski definition) is 2. The van der Waals surface area contributed by atoms with Gasteiger partial charge < -0.3 is 10.1 Å². The molecule has 2 heteroatoms. The molecule has 2 nitrogen and oxygen atoms in total. The molecule has 0 bridgehead atoms. The minimum absolute atomic E-state index is 0.496. The Kier molecular flexibility index (Phi) is 4.81. The lowest BCUT2D eigenvalue weighted by Gasteiger charge is -2.16. The average molecular weight is 221 g/mol. The fraction of sp³-hybridized carbons (Fsp3) is 0.571. The number of aryl methyl sites for hydroxylation is 1. The molecule has 0 aliphatic carbocycles. The van der Waals surface area contributed by atoms with Crippen molar-refractivity contribution in [2.24, 2.45) is 0 Å². The van der Waals surface area contributed by atoms with E-state index in [1.54, 1.807) is 7.11 Å². The lowest BCUT2D eigenvalue weighted by Crippen LogP contribution is -2.13. The van der Waals surface area contributed by atoms with Gasteiger partial charge in [0.15, 0.2) is 0 Å². The van der Waals surface area contributed by atoms with Gasteiger partial charge in [-0.2, -0.15) is 0 Å². The molecule has 1 aromatic carbocycles. The molecule has 0 atom stereocenters. The lowest BCUT2D eigenvalue weighted by molar-refractivity contribution is 0.407. The van der Waals surface area contributed by atoms with Crippen LogP contribution < -0.4 is 10.1 Å². The maximum atomic E-state index is 5.43. The number of nitrogens with one attached hydrogen (secondary N) is 1. The molecule has 0 spiro atoms. The predicted molar refractivity (Wildman–Crippen MR) is 69.2 cm³/mol. The minimum atomic E-state index is 0.496. The highest BCUT2D eigenvalue weighted by atomic mass is 16.5. The molecule has 0 saturated heterocycles. The second-order valence-corrected chi connectivity index (χ2v) is 4.46. The van der Waals surface area contributed by atoms with Crippen LogP contribution >= 0.6 is 0 Å². The van der Waals surface area contributed by atoms with E-state index in [9.17, 15) is 0 Å². The summed E-state index contributed by atoms with van der Waals surface area (Å²) in [7, 11) is 1.74. The van der Waals surface area contributed by atoms with Gasteiger partial charge in [0.05, 0.1) is 7.11 Å². The van der Waals surface area contributed by atoms with E-state index < -0.39 is 0 Å². The third-order valence-electron chi connectivity index (χ3n) is 2.88. The lowest BCUT2D eigenvalue weighted by atomic mass is 9.96. The molecule has 0 aliphatic rings. The first kappa shape index (κ1) is 13.0. The molecule has 0 fully saturated rings. The van der Waals surface area contributed by atoms with Gasteiger partial charge in [-0.25, -0.2) is 0 Å². The van der Waals surface area contributed by atoms with Gasteiger partial charge in [0.25, 0.3) is 0 Å². The summed E-state index contributed by atoms with van der Waals surface area (Å²) >= 11 is 0. The SMILES string of the molecule is CCNCc1cc(C(C)C)c(OC)cc1C. The molecule has 0 aliphatic heterocycles. The van der Waals surface area contributed by atoms with Crippen molar-refractivity contribution in [1.29, 1.82) is 0 Å². The summed E-state index contributed by atoms with van der Waals surface area (Å²) in [5.74, 6) is 1.50. The number of rotatable bonds is 5. The van der Waals surface area contributed by atoms with Gasteiger partial charge in [-0.1, -0.05) is 26.8 Å². The largest absolute Gasteiger partial charge is 0.496 e. The Balaban J connectivity index is 3.06. The molecular weight excluding hydrogens is 198 g/mol. The maximum absolute atomic E-state index is 5.43. The van der Waals surface area contributed by atoms with Crippen molar-refractivity contribution in [2.45, 2.75) is 40.2 Å². The summed E-state index contributed by atoms with van der Waals surface area (Å²) in [5, 5.41) is 3.37. The Morgan fingerprint density at radius 1 is 1.31 bits per heavy atom. The summed E-state index contributed by atoms with van der Waals surface area (Å²) in [6, 6.07) is 4.41. The number of benzene rings is 1. The first-order valence-electron chi connectivity index (χ1n) is 5.98. The van der Waals surface area contributed by atoms with Crippen LogP contribution in [0.25, 0.3) is 0 Å². The van der Waals surface area contributed by atoms with Crippen molar-refractivity contribution in [3.63, 3.8) is 0 Å². The molecule has 90 valence electrons. The molecule has 16 heavy (non-hydrogen) atoms. The Morgan fingerprint density at radius 3 is 2.50 bits per heavy atom. The Labute approximate surface area is 99.0 Å². The van der Waals surface area contributed by atoms with Crippen LogP contribution in [0.3, 0.4) is 0 Å². The molecule has 1 aromatic rings. The molecule has 1 N–H and O–H groups in total. The van der Waals surface area contributed by atoms with Crippen LogP contribution in [0, 0.1) is 6.92 Å². The Bertz CT molecular complexity index is 345. The normalized spacial score (nSPS) is 10.9. The number of methoxy groups -OCH3 is 1. The summed E-state index contributed by atoms with van der Waals surface area (Å²) in [6.45, 7) is 10.6. The van der Waals surface area contributed by atoms with Crippen molar-refractivity contribution in [1.82, 2.24) is 5.32 Å². The van der Waals surface area contributed by atoms with Crippen LogP contribution in [-0.2, 0) is 6.54 Å². The van der Waals surface area contributed by atoms with Crippen molar-refractivity contribution < 1.29 is 4.74 Å². The van der Waals surface area contributed by atoms with Gasteiger partial charge in [-0.15, -0.1) is 0 Å². The molecule has 0 heterocycles. The second-order valence-electron chi connectivity index (χ2n) is 4.46. The third kappa shape index (κ3) is 2.99. The van der Waals surface area contributed by atoms with Gasteiger partial charge >= 0.3 is 0 Å². The molecule has 0 unspecified atom stereocenters. The van der Waals surface area contributed by atoms with Gasteiger partial charge in [-0.3, -0.25) is 0 Å². The van der Waals surface area contributed by atoms with Crippen molar-refractivity contribution in [2.75, 3.05) is 13.7 Å². The van der Waals surface area contributed by atoms with Crippen LogP contribution in [0.5, 0.6) is 5.75 Å². The summed E-state index contributed by atoms with van der Waals surface area (Å²) in [4.78, 5) is 0. The highest BCUT2D eigenvalue weighted by molar-refractivity contribution is 5.43. The Morgan fingerprint density at radius 2 is 2.00 bits per heavy atom. The van der Waals surface area contributed by atoms with E-state index in [-0.39, 0.29) is 0 Å². The number of hydrogen-bond donors (Lipinski definition) is 1. The molecule has 0 amide bonds. The van der Waals surface area contributed by atoms with Gasteiger partial charge in [-0.05, 0) is 42.1 Å². The third-order valence-corrected chi connectivity index (χ3v) is 2.88. The first-order chi connectivity index (χ1) is 7.60. The van der Waals surface area contributed by atoms with Crippen molar-refractivity contribution in [3.8, 4) is 5.75 Å². The Hall–Kier alpha value is -1.02. The molecule has 0 radical (unpaired) electrons. The van der Waals surface area contributed by atoms with E-state index >= 15 is 0 Å². The highest BCUT2D eigenvalue weighted by Crippen LogP contribution is 2.29. The van der Waals surface area contributed by atoms with Crippen molar-refractivity contribution >= 4 is 0 Å². The summed E-state index contributed by atoms with van der Waals surface area (Å²) < 4.78 is 5.43. The van der Waals surface area contributed by atoms with E-state index in [2.05, 4.69) is 45.1 Å². The maximum Gasteiger partial charge on any atom is 0.122 e. The van der Waals surface area contributed by atoms with Crippen LogP contribution in [0.4, 0.5) is 0 Å². The average Bonchev–Trinajstić information content (AvgIpc) is 2.26. The van der Waals surface area contributed by atoms with Gasteiger partial charge in [0.1, 0.15) is 5.75 Å². The zero-order valence-electron chi connectivity index (χ0n) is 11.1. The highest BCUT2D eigenvalue weighted by Gasteiger charge is 2.10. The van der Waals surface area contributed by atoms with Crippen LogP contribution in [-0.4, -0.2) is 13.7 Å². The van der Waals surface area contributed by atoms with Gasteiger partial charge in [0.2, 0.25) is 0 Å². The quantitative estimate of drug-likeness (QED) is 0.824. The molecule has 1 rings (SSSR count). The molecule has 0 aromatic heterocycles. The van der Waals surface area contributed by atoms with E-state index in [0.717, 1.165) is 18.8 Å². The van der Waals surface area contributed by atoms with Crippen molar-refractivity contribution in [3.05, 3.63) is 28.8 Å². The topological polar surface area (TPSA) is 21.3 Å². The zero-order valence-corrected chi connectivity index (χ0v) is 11.1. The van der Waals surface area contributed by atoms with Crippen LogP contribution in [0.1, 0.15) is 43.4 Å². The zero-order chi connectivity index (χ0) is 12.1. The predicted octanol–water partition coefficient (Wildman–Crippen LogP) is 3.24. The molecular formula is C14H23NO. The monoisotopic (exact) mass is 221 g/mol. The fourth-order valence-electron chi connectivity index (χ4n) is 1.82. The first-order valence-corrected chi connectivity index (χ1v) is 5.98. The van der Waals surface area contributed by atoms with E-state index in [1.807, 2.05) is 0 Å². The second kappa shape index (κ2) is 5.90. The summed E-state index contributed by atoms with van der Waals surface area (Å²) in [6.07, 6.45) is 0. The van der Waals surface area contributed by atoms with Gasteiger partial charge in [0, 0.05) is 6.54 Å². The minimum Gasteiger partial charge on any atom is -0.496 e. The van der Waals surface area contributed by atoms with Crippen LogP contribution in [0.2, 0.25) is 0 Å².